The summed E-state index contributed by atoms with van der Waals surface area (Å²) in [6.45, 7) is 2.40. The highest BCUT2D eigenvalue weighted by atomic mass is 79.9. The molecule has 0 radical (unpaired) electrons. The third kappa shape index (κ3) is 3.52. The monoisotopic (exact) mass is 300 g/mol. The Morgan fingerprint density at radius 1 is 1.53 bits per heavy atom. The van der Waals surface area contributed by atoms with E-state index >= 15 is 0 Å². The minimum Gasteiger partial charge on any atom is -0.340 e. The van der Waals surface area contributed by atoms with E-state index in [-0.39, 0.29) is 22.0 Å². The zero-order valence-corrected chi connectivity index (χ0v) is 11.2. The van der Waals surface area contributed by atoms with Crippen molar-refractivity contribution in [1.82, 2.24) is 4.90 Å². The maximum absolute atomic E-state index is 12.0. The Hall–Kier alpha value is -1.43. The normalized spacial score (nSPS) is 11.9. The lowest BCUT2D eigenvalue weighted by molar-refractivity contribution is -0.385. The fraction of sp³-hybridized carbons (Fsp3) is 0.364. The van der Waals surface area contributed by atoms with Crippen LogP contribution in [-0.2, 0) is 0 Å². The van der Waals surface area contributed by atoms with Crippen LogP contribution in [0.2, 0.25) is 0 Å². The molecule has 92 valence electrons. The van der Waals surface area contributed by atoms with E-state index in [1.807, 2.05) is 6.92 Å². The van der Waals surface area contributed by atoms with E-state index in [1.54, 1.807) is 19.2 Å². The lowest BCUT2D eigenvalue weighted by atomic mass is 10.1. The molecule has 6 heteroatoms. The van der Waals surface area contributed by atoms with Gasteiger partial charge in [0.2, 0.25) is 0 Å². The summed E-state index contributed by atoms with van der Waals surface area (Å²) in [7, 11) is 1.62. The number of hydrogen-bond acceptors (Lipinski definition) is 3. The van der Waals surface area contributed by atoms with E-state index in [2.05, 4.69) is 15.9 Å². The molecule has 0 bridgehead atoms. The number of nitrogens with zero attached hydrogens (tertiary/aromatic N) is 2. The maximum Gasteiger partial charge on any atom is 0.282 e. The van der Waals surface area contributed by atoms with Gasteiger partial charge in [-0.3, -0.25) is 14.9 Å². The number of para-hydroxylation sites is 1. The molecule has 0 aliphatic heterocycles. The summed E-state index contributed by atoms with van der Waals surface area (Å²) in [4.78, 5) is 23.9. The van der Waals surface area contributed by atoms with Gasteiger partial charge in [-0.1, -0.05) is 35.0 Å². The van der Waals surface area contributed by atoms with Gasteiger partial charge in [0.15, 0.2) is 0 Å². The molecular weight excluding hydrogens is 288 g/mol. The lowest BCUT2D eigenvalue weighted by Crippen LogP contribution is -2.31. The molecule has 1 rings (SSSR count). The molecule has 0 spiro atoms. The Morgan fingerprint density at radius 3 is 2.65 bits per heavy atom. The van der Waals surface area contributed by atoms with Gasteiger partial charge in [0.1, 0.15) is 5.56 Å². The first kappa shape index (κ1) is 13.6. The number of hydrogen-bond donors (Lipinski definition) is 0. The number of carbonyl (C=O) groups excluding carboxylic acids is 1. The van der Waals surface area contributed by atoms with E-state index in [0.717, 1.165) is 0 Å². The number of nitro benzene ring substituents is 1. The predicted octanol–water partition coefficient (Wildman–Crippen LogP) is 2.45. The third-order valence-corrected chi connectivity index (χ3v) is 2.49. The van der Waals surface area contributed by atoms with Crippen LogP contribution in [0.4, 0.5) is 5.69 Å². The van der Waals surface area contributed by atoms with Crippen molar-refractivity contribution >= 4 is 27.5 Å². The molecule has 17 heavy (non-hydrogen) atoms. The molecule has 0 fully saturated rings. The molecule has 5 nitrogen and oxygen atoms in total. The average Bonchev–Trinajstić information content (AvgIpc) is 2.27. The van der Waals surface area contributed by atoms with Crippen molar-refractivity contribution in [2.45, 2.75) is 11.8 Å². The Bertz CT molecular complexity index is 434. The number of carbonyl (C=O) groups is 1. The highest BCUT2D eigenvalue weighted by Gasteiger charge is 2.22. The molecule has 0 aromatic heterocycles. The first-order valence-electron chi connectivity index (χ1n) is 5.06. The molecule has 1 aromatic carbocycles. The van der Waals surface area contributed by atoms with Crippen LogP contribution in [0.3, 0.4) is 0 Å². The molecule has 0 N–H and O–H groups in total. The van der Waals surface area contributed by atoms with E-state index in [4.69, 9.17) is 0 Å². The van der Waals surface area contributed by atoms with Crippen LogP contribution in [0.25, 0.3) is 0 Å². The van der Waals surface area contributed by atoms with Crippen LogP contribution < -0.4 is 0 Å². The van der Waals surface area contributed by atoms with Gasteiger partial charge in [0, 0.05) is 24.5 Å². The number of halogens is 1. The summed E-state index contributed by atoms with van der Waals surface area (Å²) in [5, 5.41) is 10.8. The lowest BCUT2D eigenvalue weighted by Gasteiger charge is -2.18. The van der Waals surface area contributed by atoms with Crippen molar-refractivity contribution in [3.8, 4) is 0 Å². The van der Waals surface area contributed by atoms with Crippen molar-refractivity contribution in [2.75, 3.05) is 13.6 Å². The van der Waals surface area contributed by atoms with E-state index in [1.165, 1.54) is 17.0 Å². The Labute approximate surface area is 108 Å². The summed E-state index contributed by atoms with van der Waals surface area (Å²) in [5.41, 5.74) is -0.0419. The molecule has 0 aliphatic carbocycles. The Kier molecular flexibility index (Phi) is 4.62. The first-order valence-corrected chi connectivity index (χ1v) is 5.98. The minimum atomic E-state index is -0.543. The molecule has 0 heterocycles. The summed E-state index contributed by atoms with van der Waals surface area (Å²) >= 11 is 3.34. The molecule has 0 saturated heterocycles. The molecule has 1 aromatic rings. The van der Waals surface area contributed by atoms with E-state index in [9.17, 15) is 14.9 Å². The van der Waals surface area contributed by atoms with Gasteiger partial charge < -0.3 is 4.90 Å². The van der Waals surface area contributed by atoms with Crippen molar-refractivity contribution in [2.24, 2.45) is 0 Å². The summed E-state index contributed by atoms with van der Waals surface area (Å²) in [6.07, 6.45) is 0. The fourth-order valence-corrected chi connectivity index (χ4v) is 1.91. The van der Waals surface area contributed by atoms with Crippen LogP contribution in [0.1, 0.15) is 17.3 Å². The van der Waals surface area contributed by atoms with Gasteiger partial charge in [-0.2, -0.15) is 0 Å². The van der Waals surface area contributed by atoms with Crippen molar-refractivity contribution in [3.05, 3.63) is 39.9 Å². The average molecular weight is 301 g/mol. The van der Waals surface area contributed by atoms with Crippen LogP contribution in [0.5, 0.6) is 0 Å². The molecule has 1 atom stereocenters. The number of rotatable bonds is 4. The smallest absolute Gasteiger partial charge is 0.282 e. The van der Waals surface area contributed by atoms with Gasteiger partial charge >= 0.3 is 0 Å². The van der Waals surface area contributed by atoms with Gasteiger partial charge in [-0.25, -0.2) is 0 Å². The van der Waals surface area contributed by atoms with Crippen LogP contribution in [0, 0.1) is 10.1 Å². The zero-order valence-electron chi connectivity index (χ0n) is 9.59. The topological polar surface area (TPSA) is 63.5 Å². The van der Waals surface area contributed by atoms with Crippen LogP contribution in [-0.4, -0.2) is 34.2 Å². The maximum atomic E-state index is 12.0. The largest absolute Gasteiger partial charge is 0.340 e. The number of nitro groups is 1. The van der Waals surface area contributed by atoms with Crippen molar-refractivity contribution in [1.29, 1.82) is 0 Å². The number of benzene rings is 1. The summed E-state index contributed by atoms with van der Waals surface area (Å²) < 4.78 is 0. The van der Waals surface area contributed by atoms with Crippen molar-refractivity contribution in [3.63, 3.8) is 0 Å². The predicted molar refractivity (Wildman–Crippen MR) is 68.4 cm³/mol. The third-order valence-electron chi connectivity index (χ3n) is 2.20. The second-order valence-electron chi connectivity index (χ2n) is 3.74. The standard InChI is InChI=1S/C11H13BrN2O3/c1-8(12)7-13(2)11(15)9-5-3-4-6-10(9)14(16)17/h3-6,8H,7H2,1-2H3. The molecule has 1 unspecified atom stereocenters. The number of alkyl halides is 1. The molecule has 0 aliphatic rings. The highest BCUT2D eigenvalue weighted by Crippen LogP contribution is 2.19. The van der Waals surface area contributed by atoms with Gasteiger partial charge in [0.25, 0.3) is 11.6 Å². The quantitative estimate of drug-likeness (QED) is 0.487. The SMILES string of the molecule is CC(Br)CN(C)C(=O)c1ccccc1[N+](=O)[O-]. The van der Waals surface area contributed by atoms with Crippen LogP contribution in [0.15, 0.2) is 24.3 Å². The molecule has 1 amide bonds. The van der Waals surface area contributed by atoms with E-state index < -0.39 is 4.92 Å². The van der Waals surface area contributed by atoms with E-state index in [0.29, 0.717) is 6.54 Å². The first-order chi connectivity index (χ1) is 7.93. The van der Waals surface area contributed by atoms with Crippen LogP contribution >= 0.6 is 15.9 Å². The summed E-state index contributed by atoms with van der Waals surface area (Å²) in [6, 6.07) is 5.96. The second kappa shape index (κ2) is 5.77. The minimum absolute atomic E-state index is 0.119. The second-order valence-corrected chi connectivity index (χ2v) is 5.30. The zero-order chi connectivity index (χ0) is 13.0. The Balaban J connectivity index is 3.00. The van der Waals surface area contributed by atoms with Gasteiger partial charge in [-0.05, 0) is 6.07 Å². The summed E-state index contributed by atoms with van der Waals surface area (Å²) in [5.74, 6) is -0.344. The molecule has 0 saturated carbocycles. The van der Waals surface area contributed by atoms with Crippen molar-refractivity contribution < 1.29 is 9.72 Å². The molecular formula is C11H13BrN2O3. The van der Waals surface area contributed by atoms with Gasteiger partial charge in [-0.15, -0.1) is 0 Å². The number of amides is 1. The Morgan fingerprint density at radius 2 is 2.12 bits per heavy atom. The van der Waals surface area contributed by atoms with Gasteiger partial charge in [0.05, 0.1) is 4.92 Å². The fourth-order valence-electron chi connectivity index (χ4n) is 1.48. The highest BCUT2D eigenvalue weighted by molar-refractivity contribution is 9.09.